The number of hydrogen-bond donors (Lipinski definition) is 2. The number of benzene rings is 2. The molecule has 0 saturated heterocycles. The van der Waals surface area contributed by atoms with E-state index in [0.29, 0.717) is 12.0 Å². The molecule has 0 unspecified atom stereocenters. The fraction of sp³-hybridized carbons (Fsp3) is 0.407. The summed E-state index contributed by atoms with van der Waals surface area (Å²) in [5.41, 5.74) is 5.21. The van der Waals surface area contributed by atoms with Crippen LogP contribution in [0.25, 0.3) is 10.9 Å². The molecule has 0 spiro atoms. The van der Waals surface area contributed by atoms with Crippen LogP contribution < -0.4 is 15.5 Å². The van der Waals surface area contributed by atoms with Crippen LogP contribution in [0.3, 0.4) is 0 Å². The van der Waals surface area contributed by atoms with Crippen LogP contribution in [0.1, 0.15) is 47.2 Å². The smallest absolute Gasteiger partial charge is 0.251 e. The van der Waals surface area contributed by atoms with E-state index in [1.54, 1.807) is 0 Å². The van der Waals surface area contributed by atoms with E-state index >= 15 is 0 Å². The molecule has 1 aromatic heterocycles. The van der Waals surface area contributed by atoms with E-state index < -0.39 is 0 Å². The Morgan fingerprint density at radius 1 is 1.03 bits per heavy atom. The number of nitrogens with one attached hydrogen (secondary N) is 2. The van der Waals surface area contributed by atoms with Crippen LogP contribution >= 0.6 is 0 Å². The van der Waals surface area contributed by atoms with E-state index in [1.807, 2.05) is 38.1 Å². The quantitative estimate of drug-likeness (QED) is 0.556. The monoisotopic (exact) mass is 430 g/mol. The van der Waals surface area contributed by atoms with Crippen molar-refractivity contribution in [1.82, 2.24) is 10.3 Å². The molecular weight excluding hydrogens is 396 g/mol. The lowest BCUT2D eigenvalue weighted by Crippen LogP contribution is -2.34. The average molecular weight is 431 g/mol. The largest absolute Gasteiger partial charge is 0.377 e. The van der Waals surface area contributed by atoms with Gasteiger partial charge in [0.1, 0.15) is 5.82 Å². The standard InChI is InChI=1S/C27H34N4O/c1-18-8-7-10-22(19(18)2)27(32)28-17-20-12-14-21(15-13-20)29-26-16-25(31(3)4)23-9-5-6-11-24(23)30-26/h5-11,16,20-21H,12-15,17H2,1-4H3,(H,28,32)(H,29,30)/t20-,21+. The van der Waals surface area contributed by atoms with Crippen molar-refractivity contribution in [2.45, 2.75) is 45.6 Å². The Balaban J connectivity index is 1.32. The highest BCUT2D eigenvalue weighted by atomic mass is 16.1. The van der Waals surface area contributed by atoms with Crippen molar-refractivity contribution < 1.29 is 4.79 Å². The van der Waals surface area contributed by atoms with Crippen molar-refractivity contribution in [3.05, 3.63) is 65.2 Å². The van der Waals surface area contributed by atoms with E-state index in [4.69, 9.17) is 4.98 Å². The van der Waals surface area contributed by atoms with Crippen molar-refractivity contribution in [3.8, 4) is 0 Å². The highest BCUT2D eigenvalue weighted by molar-refractivity contribution is 5.96. The number of pyridine rings is 1. The van der Waals surface area contributed by atoms with Crippen LogP contribution in [0, 0.1) is 19.8 Å². The number of nitrogens with zero attached hydrogens (tertiary/aromatic N) is 2. The molecule has 5 heteroatoms. The molecule has 4 rings (SSSR count). The number of carbonyl (C=O) groups excluding carboxylic acids is 1. The van der Waals surface area contributed by atoms with Crippen LogP contribution in [-0.2, 0) is 0 Å². The normalized spacial score (nSPS) is 18.4. The SMILES string of the molecule is Cc1cccc(C(=O)NC[C@H]2CC[C@@H](Nc3cc(N(C)C)c4ccccc4n3)CC2)c1C. The van der Waals surface area contributed by atoms with Gasteiger partial charge in [0, 0.05) is 49.4 Å². The third-order valence-electron chi connectivity index (χ3n) is 6.78. The minimum atomic E-state index is 0.0445. The van der Waals surface area contributed by atoms with Crippen LogP contribution in [0.2, 0.25) is 0 Å². The Morgan fingerprint density at radius 2 is 1.78 bits per heavy atom. The van der Waals surface area contributed by atoms with E-state index in [2.05, 4.69) is 53.9 Å². The molecule has 1 fully saturated rings. The molecule has 1 aliphatic rings. The van der Waals surface area contributed by atoms with Crippen LogP contribution in [0.15, 0.2) is 48.5 Å². The predicted octanol–water partition coefficient (Wildman–Crippen LogP) is 5.32. The second-order valence-corrected chi connectivity index (χ2v) is 9.26. The number of carbonyl (C=O) groups is 1. The summed E-state index contributed by atoms with van der Waals surface area (Å²) in [4.78, 5) is 19.6. The Kier molecular flexibility index (Phi) is 6.63. The molecule has 1 heterocycles. The maximum Gasteiger partial charge on any atom is 0.251 e. The zero-order valence-corrected chi connectivity index (χ0v) is 19.6. The summed E-state index contributed by atoms with van der Waals surface area (Å²) >= 11 is 0. The number of fused-ring (bicyclic) bond motifs is 1. The summed E-state index contributed by atoms with van der Waals surface area (Å²) in [5, 5.41) is 8.00. The first kappa shape index (κ1) is 22.1. The highest BCUT2D eigenvalue weighted by Crippen LogP contribution is 2.30. The van der Waals surface area contributed by atoms with Gasteiger partial charge in [-0.1, -0.05) is 30.3 Å². The van der Waals surface area contributed by atoms with Crippen molar-refractivity contribution >= 4 is 28.3 Å². The summed E-state index contributed by atoms with van der Waals surface area (Å²) in [5.74, 6) is 1.52. The second-order valence-electron chi connectivity index (χ2n) is 9.26. The van der Waals surface area contributed by atoms with Crippen molar-refractivity contribution in [2.24, 2.45) is 5.92 Å². The number of rotatable bonds is 6. The molecule has 2 aromatic carbocycles. The molecule has 0 bridgehead atoms. The Morgan fingerprint density at radius 3 is 2.53 bits per heavy atom. The molecule has 168 valence electrons. The number of para-hydroxylation sites is 1. The molecule has 1 aliphatic carbocycles. The van der Waals surface area contributed by atoms with Gasteiger partial charge in [-0.25, -0.2) is 4.98 Å². The maximum absolute atomic E-state index is 12.6. The first-order valence-corrected chi connectivity index (χ1v) is 11.6. The Bertz CT molecular complexity index is 1100. The molecule has 1 amide bonds. The molecule has 1 saturated carbocycles. The lowest BCUT2D eigenvalue weighted by atomic mass is 9.86. The van der Waals surface area contributed by atoms with E-state index in [0.717, 1.165) is 60.3 Å². The Labute approximate surface area is 191 Å². The molecule has 2 N–H and O–H groups in total. The van der Waals surface area contributed by atoms with Gasteiger partial charge in [-0.05, 0) is 68.7 Å². The van der Waals surface area contributed by atoms with Gasteiger partial charge < -0.3 is 15.5 Å². The van der Waals surface area contributed by atoms with Gasteiger partial charge >= 0.3 is 0 Å². The molecule has 3 aromatic rings. The fourth-order valence-corrected chi connectivity index (χ4v) is 4.65. The van der Waals surface area contributed by atoms with Gasteiger partial charge in [-0.3, -0.25) is 4.79 Å². The highest BCUT2D eigenvalue weighted by Gasteiger charge is 2.22. The third-order valence-corrected chi connectivity index (χ3v) is 6.78. The van der Waals surface area contributed by atoms with Gasteiger partial charge in [0.15, 0.2) is 0 Å². The van der Waals surface area contributed by atoms with E-state index in [1.165, 1.54) is 11.1 Å². The first-order valence-electron chi connectivity index (χ1n) is 11.6. The predicted molar refractivity (Wildman–Crippen MR) is 134 cm³/mol. The average Bonchev–Trinajstić information content (AvgIpc) is 2.79. The van der Waals surface area contributed by atoms with Gasteiger partial charge in [0.2, 0.25) is 0 Å². The third kappa shape index (κ3) is 4.87. The van der Waals surface area contributed by atoms with Crippen LogP contribution in [0.4, 0.5) is 11.5 Å². The van der Waals surface area contributed by atoms with Crippen LogP contribution in [0.5, 0.6) is 0 Å². The van der Waals surface area contributed by atoms with Crippen molar-refractivity contribution in [3.63, 3.8) is 0 Å². The summed E-state index contributed by atoms with van der Waals surface area (Å²) < 4.78 is 0. The lowest BCUT2D eigenvalue weighted by Gasteiger charge is -2.30. The Hall–Kier alpha value is -3.08. The number of aromatic nitrogens is 1. The van der Waals surface area contributed by atoms with Crippen molar-refractivity contribution in [1.29, 1.82) is 0 Å². The second kappa shape index (κ2) is 9.60. The molecule has 32 heavy (non-hydrogen) atoms. The van der Waals surface area contributed by atoms with Gasteiger partial charge in [0.05, 0.1) is 5.52 Å². The van der Waals surface area contributed by atoms with Gasteiger partial charge in [-0.2, -0.15) is 0 Å². The molecular formula is C27H34N4O. The lowest BCUT2D eigenvalue weighted by molar-refractivity contribution is 0.0942. The summed E-state index contributed by atoms with van der Waals surface area (Å²) in [6.07, 6.45) is 4.41. The van der Waals surface area contributed by atoms with Gasteiger partial charge in [0.25, 0.3) is 5.91 Å². The topological polar surface area (TPSA) is 57.3 Å². The minimum Gasteiger partial charge on any atom is -0.377 e. The summed E-state index contributed by atoms with van der Waals surface area (Å²) in [7, 11) is 4.15. The van der Waals surface area contributed by atoms with Crippen molar-refractivity contribution in [2.75, 3.05) is 30.9 Å². The first-order chi connectivity index (χ1) is 15.4. The molecule has 0 radical (unpaired) electrons. The number of hydrogen-bond acceptors (Lipinski definition) is 4. The number of aryl methyl sites for hydroxylation is 1. The number of anilines is 2. The molecule has 0 aliphatic heterocycles. The van der Waals surface area contributed by atoms with E-state index in [-0.39, 0.29) is 5.91 Å². The van der Waals surface area contributed by atoms with Crippen LogP contribution in [-0.4, -0.2) is 37.6 Å². The molecule has 0 atom stereocenters. The summed E-state index contributed by atoms with van der Waals surface area (Å²) in [6, 6.07) is 16.8. The fourth-order valence-electron chi connectivity index (χ4n) is 4.65. The van der Waals surface area contributed by atoms with E-state index in [9.17, 15) is 4.79 Å². The summed E-state index contributed by atoms with van der Waals surface area (Å²) in [6.45, 7) is 4.81. The van der Waals surface area contributed by atoms with Gasteiger partial charge in [-0.15, -0.1) is 0 Å². The number of amides is 1. The maximum atomic E-state index is 12.6. The zero-order valence-electron chi connectivity index (χ0n) is 19.6. The zero-order chi connectivity index (χ0) is 22.7. The molecule has 5 nitrogen and oxygen atoms in total. The minimum absolute atomic E-state index is 0.0445.